The molecule has 3 N–H and O–H groups in total. The van der Waals surface area contributed by atoms with Gasteiger partial charge in [-0.25, -0.2) is 4.98 Å². The second-order valence-corrected chi connectivity index (χ2v) is 6.25. The fraction of sp³-hybridized carbons (Fsp3) is 0.0769. The van der Waals surface area contributed by atoms with Crippen molar-refractivity contribution in [3.63, 3.8) is 0 Å². The predicted octanol–water partition coefficient (Wildman–Crippen LogP) is 4.40. The SMILES string of the molecule is Cc1cc(Br)c(NC(=O)c2cc(Cl)ncc2N)c(Br)c1. The minimum atomic E-state index is -0.350. The molecule has 20 heavy (non-hydrogen) atoms. The summed E-state index contributed by atoms with van der Waals surface area (Å²) in [5.41, 5.74) is 7.99. The Morgan fingerprint density at radius 3 is 2.50 bits per heavy atom. The number of amides is 1. The number of pyridine rings is 1. The maximum Gasteiger partial charge on any atom is 0.257 e. The lowest BCUT2D eigenvalue weighted by molar-refractivity contribution is 0.102. The molecule has 0 aliphatic carbocycles. The molecule has 0 radical (unpaired) electrons. The molecule has 104 valence electrons. The summed E-state index contributed by atoms with van der Waals surface area (Å²) in [6.07, 6.45) is 1.36. The number of nitrogens with two attached hydrogens (primary N) is 1. The van der Waals surface area contributed by atoms with Crippen LogP contribution in [0.3, 0.4) is 0 Å². The van der Waals surface area contributed by atoms with Gasteiger partial charge in [0.25, 0.3) is 5.91 Å². The number of hydrogen-bond donors (Lipinski definition) is 2. The van der Waals surface area contributed by atoms with Gasteiger partial charge in [-0.15, -0.1) is 0 Å². The molecule has 0 atom stereocenters. The van der Waals surface area contributed by atoms with E-state index in [4.69, 9.17) is 17.3 Å². The van der Waals surface area contributed by atoms with E-state index in [1.54, 1.807) is 0 Å². The largest absolute Gasteiger partial charge is 0.397 e. The fourth-order valence-electron chi connectivity index (χ4n) is 1.64. The van der Waals surface area contributed by atoms with Gasteiger partial charge in [0.1, 0.15) is 5.15 Å². The number of nitrogens with one attached hydrogen (secondary N) is 1. The molecule has 4 nitrogen and oxygen atoms in total. The molecule has 2 aromatic rings. The Hall–Kier alpha value is -1.11. The van der Waals surface area contributed by atoms with Crippen molar-refractivity contribution in [2.45, 2.75) is 6.92 Å². The summed E-state index contributed by atoms with van der Waals surface area (Å²) in [7, 11) is 0. The number of aryl methyl sites for hydroxylation is 1. The molecule has 0 saturated carbocycles. The van der Waals surface area contributed by atoms with Crippen molar-refractivity contribution in [1.29, 1.82) is 0 Å². The van der Waals surface area contributed by atoms with Gasteiger partial charge in [0.15, 0.2) is 0 Å². The molecule has 1 aromatic heterocycles. The molecule has 0 unspecified atom stereocenters. The summed E-state index contributed by atoms with van der Waals surface area (Å²) < 4.78 is 1.55. The van der Waals surface area contributed by atoms with Gasteiger partial charge in [-0.2, -0.15) is 0 Å². The average Bonchev–Trinajstić information content (AvgIpc) is 2.36. The number of hydrogen-bond acceptors (Lipinski definition) is 3. The van der Waals surface area contributed by atoms with Crippen molar-refractivity contribution in [1.82, 2.24) is 4.98 Å². The third kappa shape index (κ3) is 3.31. The van der Waals surface area contributed by atoms with Crippen LogP contribution in [0.4, 0.5) is 11.4 Å². The third-order valence-electron chi connectivity index (χ3n) is 2.57. The van der Waals surface area contributed by atoms with Crippen molar-refractivity contribution in [2.24, 2.45) is 0 Å². The van der Waals surface area contributed by atoms with Crippen molar-refractivity contribution in [3.8, 4) is 0 Å². The smallest absolute Gasteiger partial charge is 0.257 e. The minimum Gasteiger partial charge on any atom is -0.397 e. The lowest BCUT2D eigenvalue weighted by atomic mass is 10.2. The van der Waals surface area contributed by atoms with E-state index >= 15 is 0 Å². The summed E-state index contributed by atoms with van der Waals surface area (Å²) in [6.45, 7) is 1.96. The number of nitrogens with zero attached hydrogens (tertiary/aromatic N) is 1. The summed E-state index contributed by atoms with van der Waals surface area (Å²) in [6, 6.07) is 5.24. The highest BCUT2D eigenvalue weighted by atomic mass is 79.9. The van der Waals surface area contributed by atoms with Crippen molar-refractivity contribution >= 4 is 60.7 Å². The highest BCUT2D eigenvalue weighted by Crippen LogP contribution is 2.33. The van der Waals surface area contributed by atoms with Crippen LogP contribution >= 0.6 is 43.5 Å². The Morgan fingerprint density at radius 1 is 1.30 bits per heavy atom. The summed E-state index contributed by atoms with van der Waals surface area (Å²) in [5.74, 6) is -0.350. The molecule has 7 heteroatoms. The van der Waals surface area contributed by atoms with E-state index in [9.17, 15) is 4.79 Å². The monoisotopic (exact) mass is 417 g/mol. The van der Waals surface area contributed by atoms with Crippen molar-refractivity contribution in [2.75, 3.05) is 11.1 Å². The zero-order chi connectivity index (χ0) is 14.9. The number of carbonyl (C=O) groups is 1. The lowest BCUT2D eigenvalue weighted by Gasteiger charge is -2.12. The second kappa shape index (κ2) is 6.11. The van der Waals surface area contributed by atoms with E-state index in [-0.39, 0.29) is 22.3 Å². The number of anilines is 2. The number of halogens is 3. The summed E-state index contributed by atoms with van der Waals surface area (Å²) in [5, 5.41) is 3.01. The summed E-state index contributed by atoms with van der Waals surface area (Å²) in [4.78, 5) is 16.1. The van der Waals surface area contributed by atoms with Gasteiger partial charge < -0.3 is 11.1 Å². The number of rotatable bonds is 2. The predicted molar refractivity (Wildman–Crippen MR) is 88.2 cm³/mol. The Kier molecular flexibility index (Phi) is 4.67. The molecule has 0 aliphatic rings. The zero-order valence-corrected chi connectivity index (χ0v) is 14.3. The number of nitrogen functional groups attached to an aromatic ring is 1. The molecule has 1 heterocycles. The Labute approximate surface area is 138 Å². The van der Waals surface area contributed by atoms with Crippen molar-refractivity contribution in [3.05, 3.63) is 49.6 Å². The molecule has 0 aliphatic heterocycles. The van der Waals surface area contributed by atoms with Gasteiger partial charge >= 0.3 is 0 Å². The maximum absolute atomic E-state index is 12.3. The van der Waals surface area contributed by atoms with E-state index < -0.39 is 0 Å². The molecule has 0 bridgehead atoms. The van der Waals surface area contributed by atoms with E-state index in [1.165, 1.54) is 12.3 Å². The molecule has 1 amide bonds. The third-order valence-corrected chi connectivity index (χ3v) is 4.03. The van der Waals surface area contributed by atoms with Crippen molar-refractivity contribution < 1.29 is 4.79 Å². The first-order chi connectivity index (χ1) is 9.38. The molecular weight excluding hydrogens is 409 g/mol. The van der Waals surface area contributed by atoms with Gasteiger partial charge in [0.05, 0.1) is 23.1 Å². The molecule has 2 rings (SSSR count). The standard InChI is InChI=1S/C13H10Br2ClN3O/c1-6-2-8(14)12(9(15)3-6)19-13(20)7-4-11(16)18-5-10(7)17/h2-5H,17H2,1H3,(H,19,20). The Balaban J connectivity index is 2.35. The van der Waals surface area contributed by atoms with Crippen LogP contribution in [0.1, 0.15) is 15.9 Å². The van der Waals surface area contributed by atoms with E-state index in [1.807, 2.05) is 19.1 Å². The topological polar surface area (TPSA) is 68.0 Å². The van der Waals surface area contributed by atoms with Crippen LogP contribution in [-0.2, 0) is 0 Å². The van der Waals surface area contributed by atoms with E-state index in [2.05, 4.69) is 42.2 Å². The van der Waals surface area contributed by atoms with Crippen LogP contribution in [-0.4, -0.2) is 10.9 Å². The molecule has 0 saturated heterocycles. The lowest BCUT2D eigenvalue weighted by Crippen LogP contribution is -2.15. The maximum atomic E-state index is 12.3. The molecular formula is C13H10Br2ClN3O. The zero-order valence-electron chi connectivity index (χ0n) is 10.4. The summed E-state index contributed by atoms with van der Waals surface area (Å²) >= 11 is 12.6. The van der Waals surface area contributed by atoms with Crippen LogP contribution in [0.25, 0.3) is 0 Å². The van der Waals surface area contributed by atoms with Crippen LogP contribution in [0.5, 0.6) is 0 Å². The Morgan fingerprint density at radius 2 is 1.90 bits per heavy atom. The average molecular weight is 420 g/mol. The van der Waals surface area contributed by atoms with E-state index in [0.29, 0.717) is 5.69 Å². The van der Waals surface area contributed by atoms with Gasteiger partial charge in [0.2, 0.25) is 0 Å². The van der Waals surface area contributed by atoms with Gasteiger partial charge in [-0.3, -0.25) is 4.79 Å². The Bertz CT molecular complexity index is 668. The quantitative estimate of drug-likeness (QED) is 0.709. The van der Waals surface area contributed by atoms with Gasteiger partial charge in [-0.05, 0) is 62.5 Å². The highest BCUT2D eigenvalue weighted by Gasteiger charge is 2.15. The normalized spacial score (nSPS) is 10.4. The molecule has 0 spiro atoms. The van der Waals surface area contributed by atoms with Crippen LogP contribution < -0.4 is 11.1 Å². The fourth-order valence-corrected chi connectivity index (χ4v) is 3.41. The first kappa shape index (κ1) is 15.3. The number of carbonyl (C=O) groups excluding carboxylic acids is 1. The first-order valence-corrected chi connectivity index (χ1v) is 7.53. The van der Waals surface area contributed by atoms with Gasteiger partial charge in [0, 0.05) is 8.95 Å². The first-order valence-electron chi connectivity index (χ1n) is 5.56. The van der Waals surface area contributed by atoms with Crippen LogP contribution in [0.2, 0.25) is 5.15 Å². The van der Waals surface area contributed by atoms with Crippen LogP contribution in [0.15, 0.2) is 33.3 Å². The molecule has 0 fully saturated rings. The number of benzene rings is 1. The van der Waals surface area contributed by atoms with Crippen LogP contribution in [0, 0.1) is 6.92 Å². The highest BCUT2D eigenvalue weighted by molar-refractivity contribution is 9.11. The van der Waals surface area contributed by atoms with E-state index in [0.717, 1.165) is 14.5 Å². The number of aromatic nitrogens is 1. The minimum absolute atomic E-state index is 0.214. The molecule has 1 aromatic carbocycles. The van der Waals surface area contributed by atoms with Gasteiger partial charge in [-0.1, -0.05) is 11.6 Å². The second-order valence-electron chi connectivity index (χ2n) is 4.15.